The first-order valence-electron chi connectivity index (χ1n) is 10.5. The lowest BCUT2D eigenvalue weighted by Crippen LogP contribution is -2.46. The molecule has 0 bridgehead atoms. The molecule has 1 heterocycles. The fraction of sp³-hybridized carbons (Fsp3) is 0.435. The molecule has 1 aliphatic heterocycles. The Bertz CT molecular complexity index is 885. The Morgan fingerprint density at radius 1 is 1.06 bits per heavy atom. The summed E-state index contributed by atoms with van der Waals surface area (Å²) in [5, 5.41) is 3.29. The number of unbranched alkanes of at least 4 members (excludes halogenated alkanes) is 1. The molecule has 0 aliphatic carbocycles. The standard InChI is InChI=1S/C23H31ClN4O3/c1-30-21-8-4-3-7-20(21)28-13-11-27(12-14-28)10-6-5-9-26-23(29)17-15-18(24)19(25)16-22(17)31-2/h3-4,7-8,15-16H,5-6,9-14,25H2,1-2H3,(H,26,29). The second-order valence-corrected chi connectivity index (χ2v) is 7.94. The number of para-hydroxylation sites is 2. The van der Waals surface area contributed by atoms with Gasteiger partial charge in [0, 0.05) is 38.8 Å². The molecule has 1 aliphatic rings. The van der Waals surface area contributed by atoms with Crippen LogP contribution in [0.5, 0.6) is 11.5 Å². The Kier molecular flexibility index (Phi) is 8.26. The topological polar surface area (TPSA) is 80.1 Å². The third kappa shape index (κ3) is 5.95. The van der Waals surface area contributed by atoms with E-state index >= 15 is 0 Å². The molecule has 3 rings (SSSR count). The predicted molar refractivity (Wildman–Crippen MR) is 126 cm³/mol. The van der Waals surface area contributed by atoms with E-state index in [1.54, 1.807) is 19.2 Å². The molecule has 2 aromatic carbocycles. The average molecular weight is 447 g/mol. The van der Waals surface area contributed by atoms with Gasteiger partial charge in [-0.25, -0.2) is 0 Å². The number of nitrogens with two attached hydrogens (primary N) is 1. The number of nitrogens with one attached hydrogen (secondary N) is 1. The number of rotatable bonds is 9. The van der Waals surface area contributed by atoms with Crippen molar-refractivity contribution in [3.63, 3.8) is 0 Å². The quantitative estimate of drug-likeness (QED) is 0.454. The average Bonchev–Trinajstić information content (AvgIpc) is 2.80. The lowest BCUT2D eigenvalue weighted by atomic mass is 10.1. The summed E-state index contributed by atoms with van der Waals surface area (Å²) in [5.41, 5.74) is 7.72. The number of carbonyl (C=O) groups excluding carboxylic acids is 1. The maximum Gasteiger partial charge on any atom is 0.255 e. The van der Waals surface area contributed by atoms with Crippen LogP contribution in [0, 0.1) is 0 Å². The number of anilines is 2. The summed E-state index contributed by atoms with van der Waals surface area (Å²) in [4.78, 5) is 17.3. The van der Waals surface area contributed by atoms with E-state index in [0.29, 0.717) is 28.6 Å². The van der Waals surface area contributed by atoms with Crippen molar-refractivity contribution in [3.8, 4) is 11.5 Å². The van der Waals surface area contributed by atoms with E-state index in [9.17, 15) is 4.79 Å². The minimum atomic E-state index is -0.204. The molecule has 7 nitrogen and oxygen atoms in total. The van der Waals surface area contributed by atoms with Crippen molar-refractivity contribution in [2.24, 2.45) is 0 Å². The molecule has 0 atom stereocenters. The molecule has 1 fully saturated rings. The van der Waals surface area contributed by atoms with Crippen molar-refractivity contribution >= 4 is 28.9 Å². The number of carbonyl (C=O) groups is 1. The van der Waals surface area contributed by atoms with Crippen LogP contribution < -0.4 is 25.4 Å². The van der Waals surface area contributed by atoms with Gasteiger partial charge in [0.25, 0.3) is 5.91 Å². The van der Waals surface area contributed by atoms with Gasteiger partial charge in [-0.05, 0) is 37.6 Å². The highest BCUT2D eigenvalue weighted by Gasteiger charge is 2.19. The van der Waals surface area contributed by atoms with Gasteiger partial charge in [-0.3, -0.25) is 9.69 Å². The van der Waals surface area contributed by atoms with Gasteiger partial charge in [-0.15, -0.1) is 0 Å². The number of piperazine rings is 1. The molecule has 1 saturated heterocycles. The van der Waals surface area contributed by atoms with Crippen molar-refractivity contribution in [3.05, 3.63) is 47.0 Å². The van der Waals surface area contributed by atoms with Crippen LogP contribution in [0.1, 0.15) is 23.2 Å². The number of hydrogen-bond acceptors (Lipinski definition) is 6. The van der Waals surface area contributed by atoms with E-state index in [-0.39, 0.29) is 5.91 Å². The van der Waals surface area contributed by atoms with E-state index in [1.165, 1.54) is 7.11 Å². The van der Waals surface area contributed by atoms with Gasteiger partial charge in [-0.1, -0.05) is 23.7 Å². The number of hydrogen-bond donors (Lipinski definition) is 2. The van der Waals surface area contributed by atoms with Gasteiger partial charge < -0.3 is 25.4 Å². The first-order valence-corrected chi connectivity index (χ1v) is 10.9. The number of nitrogens with zero attached hydrogens (tertiary/aromatic N) is 2. The SMILES string of the molecule is COc1cc(N)c(Cl)cc1C(=O)NCCCCN1CCN(c2ccccc2OC)CC1. The van der Waals surface area contributed by atoms with Gasteiger partial charge >= 0.3 is 0 Å². The van der Waals surface area contributed by atoms with Crippen molar-refractivity contribution in [2.75, 3.05) is 64.1 Å². The molecule has 1 amide bonds. The van der Waals surface area contributed by atoms with Gasteiger partial charge in [-0.2, -0.15) is 0 Å². The summed E-state index contributed by atoms with van der Waals surface area (Å²) >= 11 is 6.05. The highest BCUT2D eigenvalue weighted by Crippen LogP contribution is 2.29. The fourth-order valence-corrected chi connectivity index (χ4v) is 3.94. The highest BCUT2D eigenvalue weighted by atomic mass is 35.5. The van der Waals surface area contributed by atoms with E-state index in [0.717, 1.165) is 57.0 Å². The maximum atomic E-state index is 12.5. The lowest BCUT2D eigenvalue weighted by molar-refractivity contribution is 0.0949. The first kappa shape index (κ1) is 23.0. The number of benzene rings is 2. The Morgan fingerprint density at radius 3 is 2.48 bits per heavy atom. The van der Waals surface area contributed by atoms with Gasteiger partial charge in [0.15, 0.2) is 0 Å². The molecule has 0 saturated carbocycles. The lowest BCUT2D eigenvalue weighted by Gasteiger charge is -2.36. The Balaban J connectivity index is 1.38. The zero-order chi connectivity index (χ0) is 22.2. The number of methoxy groups -OCH3 is 2. The smallest absolute Gasteiger partial charge is 0.255 e. The van der Waals surface area contributed by atoms with Crippen LogP contribution >= 0.6 is 11.6 Å². The summed E-state index contributed by atoms with van der Waals surface area (Å²) in [6.07, 6.45) is 1.93. The fourth-order valence-electron chi connectivity index (χ4n) is 3.78. The van der Waals surface area contributed by atoms with Gasteiger partial charge in [0.2, 0.25) is 0 Å². The van der Waals surface area contributed by atoms with Crippen molar-refractivity contribution in [2.45, 2.75) is 12.8 Å². The molecule has 0 radical (unpaired) electrons. The van der Waals surface area contributed by atoms with Crippen LogP contribution in [0.2, 0.25) is 5.02 Å². The molecular formula is C23H31ClN4O3. The second-order valence-electron chi connectivity index (χ2n) is 7.54. The van der Waals surface area contributed by atoms with E-state index in [2.05, 4.69) is 21.2 Å². The zero-order valence-corrected chi connectivity index (χ0v) is 19.0. The molecule has 168 valence electrons. The summed E-state index contributed by atoms with van der Waals surface area (Å²) in [7, 11) is 3.22. The van der Waals surface area contributed by atoms with Gasteiger partial charge in [0.05, 0.1) is 36.2 Å². The summed E-state index contributed by atoms with van der Waals surface area (Å²) in [5.74, 6) is 1.14. The van der Waals surface area contributed by atoms with Crippen molar-refractivity contribution < 1.29 is 14.3 Å². The summed E-state index contributed by atoms with van der Waals surface area (Å²) in [6, 6.07) is 11.3. The number of ether oxygens (including phenoxy) is 2. The largest absolute Gasteiger partial charge is 0.496 e. The van der Waals surface area contributed by atoms with Crippen LogP contribution in [0.3, 0.4) is 0 Å². The zero-order valence-electron chi connectivity index (χ0n) is 18.2. The summed E-state index contributed by atoms with van der Waals surface area (Å²) in [6.45, 7) is 5.62. The monoisotopic (exact) mass is 446 g/mol. The molecule has 0 aromatic heterocycles. The molecule has 0 unspecified atom stereocenters. The number of nitrogen functional groups attached to an aromatic ring is 1. The Morgan fingerprint density at radius 2 is 1.77 bits per heavy atom. The van der Waals surface area contributed by atoms with Crippen LogP contribution in [0.15, 0.2) is 36.4 Å². The van der Waals surface area contributed by atoms with Crippen LogP contribution in [0.4, 0.5) is 11.4 Å². The number of halogens is 1. The van der Waals surface area contributed by atoms with E-state index in [1.807, 2.05) is 18.2 Å². The van der Waals surface area contributed by atoms with E-state index in [4.69, 9.17) is 26.8 Å². The Hall–Kier alpha value is -2.64. The minimum Gasteiger partial charge on any atom is -0.496 e. The molecule has 3 N–H and O–H groups in total. The predicted octanol–water partition coefficient (Wildman–Crippen LogP) is 3.27. The number of amides is 1. The third-order valence-corrected chi connectivity index (χ3v) is 5.88. The van der Waals surface area contributed by atoms with Crippen molar-refractivity contribution in [1.82, 2.24) is 10.2 Å². The van der Waals surface area contributed by atoms with Crippen molar-refractivity contribution in [1.29, 1.82) is 0 Å². The second kappa shape index (κ2) is 11.1. The molecule has 0 spiro atoms. The third-order valence-electron chi connectivity index (χ3n) is 5.55. The molecule has 31 heavy (non-hydrogen) atoms. The van der Waals surface area contributed by atoms with Gasteiger partial charge in [0.1, 0.15) is 11.5 Å². The van der Waals surface area contributed by atoms with Crippen LogP contribution in [-0.4, -0.2) is 64.3 Å². The van der Waals surface area contributed by atoms with Crippen LogP contribution in [0.25, 0.3) is 0 Å². The van der Waals surface area contributed by atoms with Crippen LogP contribution in [-0.2, 0) is 0 Å². The highest BCUT2D eigenvalue weighted by molar-refractivity contribution is 6.33. The molecule has 2 aromatic rings. The molecular weight excluding hydrogens is 416 g/mol. The Labute approximate surface area is 189 Å². The maximum absolute atomic E-state index is 12.5. The normalized spacial score (nSPS) is 14.4. The molecule has 8 heteroatoms. The first-order chi connectivity index (χ1) is 15.0. The minimum absolute atomic E-state index is 0.204. The summed E-state index contributed by atoms with van der Waals surface area (Å²) < 4.78 is 10.7. The van der Waals surface area contributed by atoms with E-state index < -0.39 is 0 Å².